The van der Waals surface area contributed by atoms with E-state index in [0.29, 0.717) is 6.61 Å². The monoisotopic (exact) mass is 268 g/mol. The second kappa shape index (κ2) is 7.01. The first kappa shape index (κ1) is 14.5. The van der Waals surface area contributed by atoms with Crippen molar-refractivity contribution in [2.45, 2.75) is 25.9 Å². The lowest BCUT2D eigenvalue weighted by Crippen LogP contribution is -2.21. The summed E-state index contributed by atoms with van der Waals surface area (Å²) < 4.78 is 5.89. The lowest BCUT2D eigenvalue weighted by Gasteiger charge is -2.26. The summed E-state index contributed by atoms with van der Waals surface area (Å²) in [6.45, 7) is 4.17. The van der Waals surface area contributed by atoms with Crippen molar-refractivity contribution in [1.82, 2.24) is 0 Å². The van der Waals surface area contributed by atoms with E-state index >= 15 is 0 Å². The average molecular weight is 268 g/mol. The van der Waals surface area contributed by atoms with Gasteiger partial charge < -0.3 is 4.74 Å². The van der Waals surface area contributed by atoms with Crippen LogP contribution in [-0.2, 0) is 9.53 Å². The molecule has 104 valence electrons. The number of ketones is 1. The Hall–Kier alpha value is -1.93. The smallest absolute Gasteiger partial charge is 0.140 e. The summed E-state index contributed by atoms with van der Waals surface area (Å²) >= 11 is 0. The van der Waals surface area contributed by atoms with Crippen LogP contribution in [0.1, 0.15) is 37.0 Å². The molecular formula is C18H20O2. The second-order valence-corrected chi connectivity index (χ2v) is 4.79. The molecule has 0 saturated heterocycles. The number of ether oxygens (including phenoxy) is 1. The summed E-state index contributed by atoms with van der Waals surface area (Å²) in [6.07, 6.45) is -0.235. The summed E-state index contributed by atoms with van der Waals surface area (Å²) in [5.74, 6) is -0.142. The van der Waals surface area contributed by atoms with Crippen LogP contribution in [0.4, 0.5) is 0 Å². The molecule has 0 aliphatic heterocycles. The van der Waals surface area contributed by atoms with E-state index in [2.05, 4.69) is 0 Å². The molecule has 0 radical (unpaired) electrons. The molecule has 2 nitrogen and oxygen atoms in total. The van der Waals surface area contributed by atoms with Gasteiger partial charge in [-0.15, -0.1) is 0 Å². The minimum Gasteiger partial charge on any atom is -0.373 e. The Bertz CT molecular complexity index is 534. The highest BCUT2D eigenvalue weighted by atomic mass is 16.5. The van der Waals surface area contributed by atoms with Crippen molar-refractivity contribution >= 4 is 5.78 Å². The maximum atomic E-state index is 12.2. The molecule has 0 bridgehead atoms. The van der Waals surface area contributed by atoms with Gasteiger partial charge in [-0.3, -0.25) is 4.79 Å². The number of carbonyl (C=O) groups is 1. The highest BCUT2D eigenvalue weighted by Gasteiger charge is 2.28. The maximum Gasteiger partial charge on any atom is 0.140 e. The fraction of sp³-hybridized carbons (Fsp3) is 0.278. The topological polar surface area (TPSA) is 26.3 Å². The Morgan fingerprint density at radius 1 is 0.950 bits per heavy atom. The Labute approximate surface area is 120 Å². The highest BCUT2D eigenvalue weighted by molar-refractivity contribution is 5.84. The lowest BCUT2D eigenvalue weighted by atomic mass is 9.86. The second-order valence-electron chi connectivity index (χ2n) is 4.79. The van der Waals surface area contributed by atoms with Gasteiger partial charge in [0, 0.05) is 6.61 Å². The van der Waals surface area contributed by atoms with Gasteiger partial charge in [-0.2, -0.15) is 0 Å². The molecule has 0 fully saturated rings. The van der Waals surface area contributed by atoms with Crippen molar-refractivity contribution in [2.75, 3.05) is 6.61 Å². The Balaban J connectivity index is 2.41. The zero-order chi connectivity index (χ0) is 14.4. The third kappa shape index (κ3) is 3.34. The van der Waals surface area contributed by atoms with Crippen molar-refractivity contribution in [3.05, 3.63) is 71.8 Å². The third-order valence-corrected chi connectivity index (χ3v) is 3.37. The summed E-state index contributed by atoms with van der Waals surface area (Å²) in [7, 11) is 0. The number of rotatable bonds is 6. The van der Waals surface area contributed by atoms with Crippen LogP contribution in [0.15, 0.2) is 60.7 Å². The molecule has 0 saturated carbocycles. The molecule has 0 heterocycles. The Kier molecular flexibility index (Phi) is 5.08. The summed E-state index contributed by atoms with van der Waals surface area (Å²) in [6, 6.07) is 19.8. The van der Waals surface area contributed by atoms with Gasteiger partial charge in [-0.25, -0.2) is 0 Å². The van der Waals surface area contributed by atoms with Crippen molar-refractivity contribution in [3.63, 3.8) is 0 Å². The number of benzene rings is 2. The quantitative estimate of drug-likeness (QED) is 0.787. The Morgan fingerprint density at radius 2 is 1.45 bits per heavy atom. The van der Waals surface area contributed by atoms with Gasteiger partial charge in [-0.05, 0) is 25.0 Å². The molecule has 0 amide bonds. The molecule has 0 aliphatic carbocycles. The van der Waals surface area contributed by atoms with Crippen molar-refractivity contribution in [3.8, 4) is 0 Å². The van der Waals surface area contributed by atoms with Crippen molar-refractivity contribution in [1.29, 1.82) is 0 Å². The zero-order valence-corrected chi connectivity index (χ0v) is 12.0. The van der Waals surface area contributed by atoms with Crippen LogP contribution in [0.2, 0.25) is 0 Å². The van der Waals surface area contributed by atoms with Crippen LogP contribution in [0.5, 0.6) is 0 Å². The van der Waals surface area contributed by atoms with Gasteiger partial charge in [0.15, 0.2) is 0 Å². The van der Waals surface area contributed by atoms with Gasteiger partial charge in [0.1, 0.15) is 5.78 Å². The first-order valence-electron chi connectivity index (χ1n) is 6.96. The molecule has 2 heteroatoms. The summed E-state index contributed by atoms with van der Waals surface area (Å²) in [5.41, 5.74) is 2.04. The van der Waals surface area contributed by atoms with Gasteiger partial charge in [0.2, 0.25) is 0 Å². The number of Topliss-reactive ketones (excluding diaryl/α,β-unsaturated/α-hetero) is 1. The van der Waals surface area contributed by atoms with E-state index in [1.807, 2.05) is 67.6 Å². The van der Waals surface area contributed by atoms with Gasteiger partial charge in [-0.1, -0.05) is 60.7 Å². The van der Waals surface area contributed by atoms with Crippen LogP contribution < -0.4 is 0 Å². The molecule has 0 aliphatic rings. The van der Waals surface area contributed by atoms with E-state index in [4.69, 9.17) is 4.74 Å². The van der Waals surface area contributed by atoms with Gasteiger partial charge >= 0.3 is 0 Å². The van der Waals surface area contributed by atoms with Crippen LogP contribution in [-0.4, -0.2) is 12.4 Å². The van der Waals surface area contributed by atoms with Gasteiger partial charge in [0.25, 0.3) is 0 Å². The maximum absolute atomic E-state index is 12.2. The predicted octanol–water partition coefficient (Wildman–Crippen LogP) is 4.14. The van der Waals surface area contributed by atoms with Crippen LogP contribution in [0.3, 0.4) is 0 Å². The summed E-state index contributed by atoms with van der Waals surface area (Å²) in [4.78, 5) is 12.2. The molecule has 2 atom stereocenters. The van der Waals surface area contributed by atoms with Crippen molar-refractivity contribution in [2.24, 2.45) is 0 Å². The van der Waals surface area contributed by atoms with E-state index in [1.165, 1.54) is 0 Å². The molecule has 20 heavy (non-hydrogen) atoms. The molecule has 0 N–H and O–H groups in total. The largest absolute Gasteiger partial charge is 0.373 e. The molecule has 0 aromatic heterocycles. The van der Waals surface area contributed by atoms with Crippen LogP contribution in [0, 0.1) is 0 Å². The fourth-order valence-electron chi connectivity index (χ4n) is 2.49. The van der Waals surface area contributed by atoms with E-state index in [-0.39, 0.29) is 17.8 Å². The minimum absolute atomic E-state index is 0.124. The first-order chi connectivity index (χ1) is 9.74. The number of hydrogen-bond acceptors (Lipinski definition) is 2. The van der Waals surface area contributed by atoms with E-state index in [1.54, 1.807) is 6.92 Å². The average Bonchev–Trinajstić information content (AvgIpc) is 2.48. The first-order valence-corrected chi connectivity index (χ1v) is 6.96. The van der Waals surface area contributed by atoms with Crippen LogP contribution >= 0.6 is 0 Å². The predicted molar refractivity (Wildman–Crippen MR) is 80.7 cm³/mol. The fourth-order valence-corrected chi connectivity index (χ4v) is 2.49. The molecule has 0 spiro atoms. The lowest BCUT2D eigenvalue weighted by molar-refractivity contribution is -0.122. The SMILES string of the molecule is CCOC(c1ccccc1)C(C(C)=O)c1ccccc1. The standard InChI is InChI=1S/C18H20O2/c1-3-20-18(16-12-8-5-9-13-16)17(14(2)19)15-10-6-4-7-11-15/h4-13,17-18H,3H2,1-2H3. The van der Waals surface area contributed by atoms with E-state index < -0.39 is 0 Å². The van der Waals surface area contributed by atoms with Crippen molar-refractivity contribution < 1.29 is 9.53 Å². The highest BCUT2D eigenvalue weighted by Crippen LogP contribution is 2.34. The number of hydrogen-bond donors (Lipinski definition) is 0. The molecule has 2 aromatic rings. The molecule has 2 aromatic carbocycles. The van der Waals surface area contributed by atoms with E-state index in [9.17, 15) is 4.79 Å². The summed E-state index contributed by atoms with van der Waals surface area (Å²) in [5, 5.41) is 0. The molecule has 2 unspecified atom stereocenters. The minimum atomic E-state index is -0.265. The normalized spacial score (nSPS) is 13.7. The third-order valence-electron chi connectivity index (χ3n) is 3.37. The van der Waals surface area contributed by atoms with Gasteiger partial charge in [0.05, 0.1) is 12.0 Å². The zero-order valence-electron chi connectivity index (χ0n) is 12.0. The molecule has 2 rings (SSSR count). The molecular weight excluding hydrogens is 248 g/mol. The van der Waals surface area contributed by atoms with E-state index in [0.717, 1.165) is 11.1 Å². The number of carbonyl (C=O) groups excluding carboxylic acids is 1. The van der Waals surface area contributed by atoms with Crippen LogP contribution in [0.25, 0.3) is 0 Å². The Morgan fingerprint density at radius 3 is 1.90 bits per heavy atom.